The molecule has 7 heteroatoms. The van der Waals surface area contributed by atoms with Crippen LogP contribution in [0.1, 0.15) is 4.88 Å². The third-order valence-corrected chi connectivity index (χ3v) is 4.61. The number of amides is 1. The normalized spacial score (nSPS) is 10.9. The minimum absolute atomic E-state index is 0.0781. The standard InChI is InChI=1S/C14H15BrClN3OS/c1-19(7-10-3-5-13(16)21-10)8-14(20)18-12-4-2-9(17)6-11(12)15/h2-6H,7-8,17H2,1H3,(H,18,20). The molecule has 0 saturated carbocycles. The maximum Gasteiger partial charge on any atom is 0.238 e. The van der Waals surface area contributed by atoms with Crippen LogP contribution in [0.3, 0.4) is 0 Å². The van der Waals surface area contributed by atoms with Crippen LogP contribution in [-0.4, -0.2) is 24.4 Å². The molecular weight excluding hydrogens is 374 g/mol. The van der Waals surface area contributed by atoms with E-state index in [1.54, 1.807) is 18.2 Å². The Morgan fingerprint density at radius 1 is 1.43 bits per heavy atom. The van der Waals surface area contributed by atoms with Crippen molar-refractivity contribution in [3.63, 3.8) is 0 Å². The molecule has 0 fully saturated rings. The van der Waals surface area contributed by atoms with Gasteiger partial charge in [-0.2, -0.15) is 0 Å². The molecule has 1 aromatic carbocycles. The lowest BCUT2D eigenvalue weighted by molar-refractivity contribution is -0.117. The quantitative estimate of drug-likeness (QED) is 0.766. The first-order valence-electron chi connectivity index (χ1n) is 6.21. The number of hydrogen-bond acceptors (Lipinski definition) is 4. The monoisotopic (exact) mass is 387 g/mol. The third-order valence-electron chi connectivity index (χ3n) is 2.74. The van der Waals surface area contributed by atoms with Crippen molar-refractivity contribution in [1.82, 2.24) is 4.90 Å². The Morgan fingerprint density at radius 2 is 2.19 bits per heavy atom. The number of thiophene rings is 1. The van der Waals surface area contributed by atoms with Gasteiger partial charge >= 0.3 is 0 Å². The summed E-state index contributed by atoms with van der Waals surface area (Å²) in [7, 11) is 1.89. The molecule has 1 amide bonds. The number of benzene rings is 1. The summed E-state index contributed by atoms with van der Waals surface area (Å²) in [5.74, 6) is -0.0781. The van der Waals surface area contributed by atoms with Crippen LogP contribution in [0, 0.1) is 0 Å². The van der Waals surface area contributed by atoms with Crippen molar-refractivity contribution >= 4 is 56.1 Å². The Morgan fingerprint density at radius 3 is 2.81 bits per heavy atom. The van der Waals surface area contributed by atoms with Crippen LogP contribution < -0.4 is 11.1 Å². The van der Waals surface area contributed by atoms with Gasteiger partial charge in [0.25, 0.3) is 0 Å². The van der Waals surface area contributed by atoms with E-state index in [0.717, 1.165) is 13.7 Å². The number of rotatable bonds is 5. The topological polar surface area (TPSA) is 58.4 Å². The van der Waals surface area contributed by atoms with Crippen molar-refractivity contribution in [3.8, 4) is 0 Å². The zero-order valence-corrected chi connectivity index (χ0v) is 14.6. The van der Waals surface area contributed by atoms with E-state index in [1.165, 1.54) is 11.3 Å². The van der Waals surface area contributed by atoms with Crippen LogP contribution in [0.2, 0.25) is 4.34 Å². The number of halogens is 2. The van der Waals surface area contributed by atoms with E-state index in [1.807, 2.05) is 24.1 Å². The Bertz CT molecular complexity index is 647. The Labute approximate surface area is 141 Å². The Hall–Kier alpha value is -1.08. The summed E-state index contributed by atoms with van der Waals surface area (Å²) in [6, 6.07) is 9.11. The van der Waals surface area contributed by atoms with Crippen LogP contribution in [0.25, 0.3) is 0 Å². The fourth-order valence-corrected chi connectivity index (χ4v) is 3.49. The molecule has 0 atom stereocenters. The number of nitrogens with one attached hydrogen (secondary N) is 1. The van der Waals surface area contributed by atoms with Gasteiger partial charge in [0, 0.05) is 21.6 Å². The first-order valence-corrected chi connectivity index (χ1v) is 8.20. The molecule has 0 aliphatic rings. The molecule has 112 valence electrons. The number of hydrogen-bond donors (Lipinski definition) is 2. The molecule has 0 aliphatic carbocycles. The molecule has 1 aromatic heterocycles. The minimum atomic E-state index is -0.0781. The first kappa shape index (κ1) is 16.3. The molecule has 0 radical (unpaired) electrons. The molecule has 0 spiro atoms. The predicted molar refractivity (Wildman–Crippen MR) is 92.8 cm³/mol. The molecule has 2 aromatic rings. The number of nitrogens with zero attached hydrogens (tertiary/aromatic N) is 1. The molecule has 21 heavy (non-hydrogen) atoms. The maximum atomic E-state index is 12.0. The van der Waals surface area contributed by atoms with Gasteiger partial charge in [0.05, 0.1) is 16.6 Å². The molecule has 3 N–H and O–H groups in total. The summed E-state index contributed by atoms with van der Waals surface area (Å²) >= 11 is 10.8. The summed E-state index contributed by atoms with van der Waals surface area (Å²) in [6.45, 7) is 0.986. The summed E-state index contributed by atoms with van der Waals surface area (Å²) in [6.07, 6.45) is 0. The van der Waals surface area contributed by atoms with Crippen molar-refractivity contribution < 1.29 is 4.79 Å². The van der Waals surface area contributed by atoms with Gasteiger partial charge in [-0.3, -0.25) is 9.69 Å². The largest absolute Gasteiger partial charge is 0.399 e. The number of nitrogen functional groups attached to an aromatic ring is 1. The van der Waals surface area contributed by atoms with E-state index in [2.05, 4.69) is 21.2 Å². The summed E-state index contributed by atoms with van der Waals surface area (Å²) < 4.78 is 1.53. The van der Waals surface area contributed by atoms with E-state index in [9.17, 15) is 4.79 Å². The second-order valence-electron chi connectivity index (χ2n) is 4.67. The number of nitrogens with two attached hydrogens (primary N) is 1. The lowest BCUT2D eigenvalue weighted by Crippen LogP contribution is -2.29. The summed E-state index contributed by atoms with van der Waals surface area (Å²) in [5, 5.41) is 2.85. The average molecular weight is 389 g/mol. The van der Waals surface area contributed by atoms with Gasteiger partial charge in [0.1, 0.15) is 0 Å². The summed E-state index contributed by atoms with van der Waals surface area (Å²) in [5.41, 5.74) is 7.02. The predicted octanol–water partition coefficient (Wildman–Crippen LogP) is 3.82. The van der Waals surface area contributed by atoms with Gasteiger partial charge in [0.2, 0.25) is 5.91 Å². The average Bonchev–Trinajstić information content (AvgIpc) is 2.78. The van der Waals surface area contributed by atoms with Crippen LogP contribution in [0.5, 0.6) is 0 Å². The van der Waals surface area contributed by atoms with Crippen molar-refractivity contribution in [1.29, 1.82) is 0 Å². The smallest absolute Gasteiger partial charge is 0.238 e. The maximum absolute atomic E-state index is 12.0. The van der Waals surface area contributed by atoms with Crippen molar-refractivity contribution in [2.24, 2.45) is 0 Å². The van der Waals surface area contributed by atoms with Crippen molar-refractivity contribution in [3.05, 3.63) is 44.0 Å². The van der Waals surface area contributed by atoms with Crippen LogP contribution >= 0.6 is 38.9 Å². The van der Waals surface area contributed by atoms with Gasteiger partial charge in [-0.1, -0.05) is 11.6 Å². The van der Waals surface area contributed by atoms with E-state index >= 15 is 0 Å². The van der Waals surface area contributed by atoms with Gasteiger partial charge < -0.3 is 11.1 Å². The molecular formula is C14H15BrClN3OS. The number of likely N-dealkylation sites (N-methyl/N-ethyl adjacent to an activating group) is 1. The zero-order valence-electron chi connectivity index (χ0n) is 11.4. The number of carbonyl (C=O) groups excluding carboxylic acids is 1. The van der Waals surface area contributed by atoms with Crippen molar-refractivity contribution in [2.45, 2.75) is 6.54 Å². The van der Waals surface area contributed by atoms with Crippen LogP contribution in [0.15, 0.2) is 34.8 Å². The van der Waals surface area contributed by atoms with Gasteiger partial charge in [-0.05, 0) is 53.3 Å². The molecule has 0 bridgehead atoms. The second kappa shape index (κ2) is 7.26. The third kappa shape index (κ3) is 5.00. The fraction of sp³-hybridized carbons (Fsp3) is 0.214. The molecule has 0 saturated heterocycles. The fourth-order valence-electron chi connectivity index (χ4n) is 1.83. The molecule has 0 aliphatic heterocycles. The van der Waals surface area contributed by atoms with Crippen LogP contribution in [-0.2, 0) is 11.3 Å². The lowest BCUT2D eigenvalue weighted by Gasteiger charge is -2.15. The highest BCUT2D eigenvalue weighted by atomic mass is 79.9. The highest BCUT2D eigenvalue weighted by molar-refractivity contribution is 9.10. The van der Waals surface area contributed by atoms with Gasteiger partial charge in [0.15, 0.2) is 0 Å². The first-order chi connectivity index (χ1) is 9.94. The molecule has 4 nitrogen and oxygen atoms in total. The summed E-state index contributed by atoms with van der Waals surface area (Å²) in [4.78, 5) is 15.1. The van der Waals surface area contributed by atoms with E-state index in [0.29, 0.717) is 24.5 Å². The Balaban J connectivity index is 1.89. The highest BCUT2D eigenvalue weighted by Crippen LogP contribution is 2.25. The van der Waals surface area contributed by atoms with Gasteiger partial charge in [-0.25, -0.2) is 0 Å². The zero-order chi connectivity index (χ0) is 15.4. The van der Waals surface area contributed by atoms with Crippen LogP contribution in [0.4, 0.5) is 11.4 Å². The van der Waals surface area contributed by atoms with Crippen molar-refractivity contribution in [2.75, 3.05) is 24.6 Å². The Kier molecular flexibility index (Phi) is 5.64. The second-order valence-corrected chi connectivity index (χ2v) is 7.32. The van der Waals surface area contributed by atoms with E-state index < -0.39 is 0 Å². The van der Waals surface area contributed by atoms with E-state index in [-0.39, 0.29) is 5.91 Å². The molecule has 0 unspecified atom stereocenters. The molecule has 1 heterocycles. The molecule has 2 rings (SSSR count). The number of carbonyl (C=O) groups is 1. The van der Waals surface area contributed by atoms with Gasteiger partial charge in [-0.15, -0.1) is 11.3 Å². The van der Waals surface area contributed by atoms with E-state index in [4.69, 9.17) is 17.3 Å². The SMILES string of the molecule is CN(CC(=O)Nc1ccc(N)cc1Br)Cc1ccc(Cl)s1. The minimum Gasteiger partial charge on any atom is -0.399 e. The lowest BCUT2D eigenvalue weighted by atomic mass is 10.3. The number of anilines is 2. The highest BCUT2D eigenvalue weighted by Gasteiger charge is 2.10.